The molecule has 53 heavy (non-hydrogen) atoms. The molecule has 4 nitrogen and oxygen atoms in total. The van der Waals surface area contributed by atoms with E-state index in [1.54, 1.807) is 6.07 Å². The van der Waals surface area contributed by atoms with E-state index in [1.165, 1.54) is 11.1 Å². The number of carbonyl (C=O) groups excluding carboxylic acids is 1. The van der Waals surface area contributed by atoms with Crippen LogP contribution in [0.2, 0.25) is 0 Å². The predicted molar refractivity (Wildman–Crippen MR) is 175 cm³/mol. The molecule has 0 radical (unpaired) electrons. The Balaban J connectivity index is 1.07. The molecule has 15 heteroatoms. The summed E-state index contributed by atoms with van der Waals surface area (Å²) in [4.78, 5) is 14.5. The molecule has 0 amide bonds. The van der Waals surface area contributed by atoms with Crippen LogP contribution in [-0.4, -0.2) is 76.5 Å². The van der Waals surface area contributed by atoms with Crippen LogP contribution in [0.4, 0.5) is 48.3 Å². The molecule has 0 spiro atoms. The first-order valence-corrected chi connectivity index (χ1v) is 18.7. The van der Waals surface area contributed by atoms with Crippen molar-refractivity contribution in [1.82, 2.24) is 4.90 Å². The van der Waals surface area contributed by atoms with Gasteiger partial charge in [-0.05, 0) is 124 Å². The molecule has 4 aliphatic carbocycles. The maximum Gasteiger partial charge on any atom is 0.460 e. The standard InChI is InChI=1S/C38H50F11NO3/c1-32-21-24(31-28-14-12-26(51)18-23(28)11-13-29(31)30(32)20-25-19-27(52)22-33(25,32)53)10-6-5-9-17-50(2)16-8-4-3-7-15-34(39,40)35(41,42)36(43,44)37(45,46)38(47,48)49/h12,14,18,24-25,29-31,51,53H,3-11,13,15-17,19-22H2,1-2H3/t24-,25+,29?,30?,31?,32-,33-/m0/s1. The smallest absolute Gasteiger partial charge is 0.460 e. The van der Waals surface area contributed by atoms with E-state index in [0.717, 1.165) is 51.4 Å². The van der Waals surface area contributed by atoms with Gasteiger partial charge < -0.3 is 15.1 Å². The number of hydrogen-bond donors (Lipinski definition) is 2. The SMILES string of the molecule is CN(CCCCCCC(F)(F)C(F)(F)C(F)(F)C(F)(F)C(F)(F)F)CCCCC[C@H]1C[C@@]2(C)C(C[C@H]3CC(=O)C[C@]32O)C2CCc3cc(O)ccc3C21. The fraction of sp³-hybridized carbons (Fsp3) is 0.816. The van der Waals surface area contributed by atoms with Crippen molar-refractivity contribution in [3.8, 4) is 5.75 Å². The number of carbonyl (C=O) groups is 1. The van der Waals surface area contributed by atoms with E-state index < -0.39 is 48.3 Å². The third-order valence-electron chi connectivity index (χ3n) is 13.4. The van der Waals surface area contributed by atoms with Gasteiger partial charge in [-0.2, -0.15) is 48.3 Å². The van der Waals surface area contributed by atoms with Crippen molar-refractivity contribution >= 4 is 5.78 Å². The summed E-state index contributed by atoms with van der Waals surface area (Å²) in [5.74, 6) is -25.8. The van der Waals surface area contributed by atoms with Crippen LogP contribution in [-0.2, 0) is 11.2 Å². The molecule has 7 atom stereocenters. The zero-order chi connectivity index (χ0) is 39.4. The van der Waals surface area contributed by atoms with Crippen molar-refractivity contribution in [2.45, 2.75) is 145 Å². The number of ketones is 1. The first-order valence-electron chi connectivity index (χ1n) is 18.7. The topological polar surface area (TPSA) is 60.8 Å². The molecule has 0 bridgehead atoms. The van der Waals surface area contributed by atoms with Crippen molar-refractivity contribution in [3.63, 3.8) is 0 Å². The van der Waals surface area contributed by atoms with Crippen LogP contribution in [0.5, 0.6) is 5.75 Å². The van der Waals surface area contributed by atoms with E-state index in [2.05, 4.69) is 13.0 Å². The number of Topliss-reactive ketones (excluding diaryl/α,β-unsaturated/α-hetero) is 1. The van der Waals surface area contributed by atoms with Crippen LogP contribution in [0.1, 0.15) is 114 Å². The molecule has 3 unspecified atom stereocenters. The number of hydrogen-bond acceptors (Lipinski definition) is 4. The van der Waals surface area contributed by atoms with Crippen LogP contribution < -0.4 is 0 Å². The van der Waals surface area contributed by atoms with Gasteiger partial charge in [0.2, 0.25) is 0 Å². The quantitative estimate of drug-likeness (QED) is 0.130. The number of benzene rings is 1. The Morgan fingerprint density at radius 1 is 0.849 bits per heavy atom. The lowest BCUT2D eigenvalue weighted by atomic mass is 9.49. The summed E-state index contributed by atoms with van der Waals surface area (Å²) in [5, 5.41) is 22.2. The number of halogens is 11. The monoisotopic (exact) mass is 777 g/mol. The van der Waals surface area contributed by atoms with Crippen LogP contribution >= 0.6 is 0 Å². The zero-order valence-corrected chi connectivity index (χ0v) is 30.0. The van der Waals surface area contributed by atoms with Crippen molar-refractivity contribution in [1.29, 1.82) is 0 Å². The first kappa shape index (κ1) is 42.0. The van der Waals surface area contributed by atoms with E-state index in [1.807, 2.05) is 18.0 Å². The fourth-order valence-corrected chi connectivity index (χ4v) is 10.6. The van der Waals surface area contributed by atoms with Gasteiger partial charge in [-0.15, -0.1) is 0 Å². The van der Waals surface area contributed by atoms with Crippen LogP contribution in [0, 0.1) is 29.1 Å². The van der Waals surface area contributed by atoms with Crippen molar-refractivity contribution in [2.24, 2.45) is 29.1 Å². The number of alkyl halides is 11. The molecule has 0 aromatic heterocycles. The molecule has 3 fully saturated rings. The lowest BCUT2D eigenvalue weighted by Gasteiger charge is -2.56. The van der Waals surface area contributed by atoms with Crippen LogP contribution in [0.25, 0.3) is 0 Å². The first-order chi connectivity index (χ1) is 24.4. The molecule has 4 aliphatic rings. The average molecular weight is 778 g/mol. The lowest BCUT2D eigenvalue weighted by Crippen LogP contribution is -2.66. The second kappa shape index (κ2) is 14.7. The zero-order valence-electron chi connectivity index (χ0n) is 30.0. The average Bonchev–Trinajstić information content (AvgIpc) is 3.46. The van der Waals surface area contributed by atoms with E-state index in [4.69, 9.17) is 0 Å². The summed E-state index contributed by atoms with van der Waals surface area (Å²) < 4.78 is 145. The highest BCUT2D eigenvalue weighted by Crippen LogP contribution is 2.70. The number of nitrogens with zero attached hydrogens (tertiary/aromatic N) is 1. The van der Waals surface area contributed by atoms with Gasteiger partial charge in [-0.3, -0.25) is 4.79 Å². The highest BCUT2D eigenvalue weighted by atomic mass is 19.4. The third kappa shape index (κ3) is 7.32. The number of aliphatic hydroxyl groups is 1. The Kier molecular flexibility index (Phi) is 11.7. The Bertz CT molecular complexity index is 1470. The minimum absolute atomic E-state index is 0.00707. The number of fused-ring (bicyclic) bond motifs is 7. The lowest BCUT2D eigenvalue weighted by molar-refractivity contribution is -0.422. The number of phenols is 1. The molecule has 3 saturated carbocycles. The summed E-state index contributed by atoms with van der Waals surface area (Å²) in [6.45, 7) is 3.41. The van der Waals surface area contributed by atoms with E-state index >= 15 is 0 Å². The summed E-state index contributed by atoms with van der Waals surface area (Å²) in [7, 11) is 1.85. The van der Waals surface area contributed by atoms with E-state index in [9.17, 15) is 63.3 Å². The highest BCUT2D eigenvalue weighted by molar-refractivity contribution is 5.83. The molecule has 0 saturated heterocycles. The molecule has 2 N–H and O–H groups in total. The number of phenolic OH excluding ortho intramolecular Hbond substituents is 1. The summed E-state index contributed by atoms with van der Waals surface area (Å²) >= 11 is 0. The van der Waals surface area contributed by atoms with Crippen molar-refractivity contribution < 1.29 is 63.3 Å². The number of unbranched alkanes of at least 4 members (excludes halogenated alkanes) is 5. The Morgan fingerprint density at radius 2 is 1.47 bits per heavy atom. The van der Waals surface area contributed by atoms with Gasteiger partial charge in [0.05, 0.1) is 5.60 Å². The van der Waals surface area contributed by atoms with Gasteiger partial charge in [0.25, 0.3) is 0 Å². The predicted octanol–water partition coefficient (Wildman–Crippen LogP) is 10.3. The van der Waals surface area contributed by atoms with Gasteiger partial charge >= 0.3 is 29.9 Å². The van der Waals surface area contributed by atoms with E-state index in [0.29, 0.717) is 49.6 Å². The summed E-state index contributed by atoms with van der Waals surface area (Å²) in [5.41, 5.74) is 1.12. The fourth-order valence-electron chi connectivity index (χ4n) is 10.6. The molecule has 5 rings (SSSR count). The van der Waals surface area contributed by atoms with Crippen LogP contribution in [0.3, 0.4) is 0 Å². The largest absolute Gasteiger partial charge is 0.508 e. The number of aromatic hydroxyl groups is 1. The van der Waals surface area contributed by atoms with Crippen molar-refractivity contribution in [3.05, 3.63) is 29.3 Å². The number of rotatable bonds is 16. The van der Waals surface area contributed by atoms with Gasteiger partial charge in [0.15, 0.2) is 0 Å². The van der Waals surface area contributed by atoms with Gasteiger partial charge in [0, 0.05) is 24.7 Å². The van der Waals surface area contributed by atoms with Gasteiger partial charge in [-0.25, -0.2) is 0 Å². The molecular weight excluding hydrogens is 727 g/mol. The summed E-state index contributed by atoms with van der Waals surface area (Å²) in [6.07, 6.45) is -1.56. The minimum atomic E-state index is -7.35. The maximum absolute atomic E-state index is 13.9. The maximum atomic E-state index is 13.9. The molecule has 0 aliphatic heterocycles. The number of aryl methyl sites for hydroxylation is 1. The minimum Gasteiger partial charge on any atom is -0.508 e. The van der Waals surface area contributed by atoms with E-state index in [-0.39, 0.29) is 42.1 Å². The molecule has 1 aromatic rings. The van der Waals surface area contributed by atoms with Gasteiger partial charge in [0.1, 0.15) is 11.5 Å². The van der Waals surface area contributed by atoms with Gasteiger partial charge in [-0.1, -0.05) is 38.7 Å². The molecular formula is C38H50F11NO3. The Labute approximate surface area is 302 Å². The highest BCUT2D eigenvalue weighted by Gasteiger charge is 2.86. The third-order valence-corrected chi connectivity index (χ3v) is 13.4. The molecule has 1 aromatic carbocycles. The van der Waals surface area contributed by atoms with Crippen molar-refractivity contribution in [2.75, 3.05) is 20.1 Å². The Morgan fingerprint density at radius 3 is 2.11 bits per heavy atom. The normalized spacial score (nSPS) is 30.7. The second-order valence-electron chi connectivity index (χ2n) is 16.6. The molecule has 0 heterocycles. The Hall–Kier alpha value is -2.16. The van der Waals surface area contributed by atoms with Crippen LogP contribution in [0.15, 0.2) is 18.2 Å². The molecule has 302 valence electrons. The summed E-state index contributed by atoms with van der Waals surface area (Å²) in [6, 6.07) is 5.67. The second-order valence-corrected chi connectivity index (χ2v) is 16.6.